The molecule has 4 heterocycles. The molecule has 0 radical (unpaired) electrons. The number of fused-ring (bicyclic) bond motifs is 3. The lowest BCUT2D eigenvalue weighted by atomic mass is 9.73. The summed E-state index contributed by atoms with van der Waals surface area (Å²) in [6, 6.07) is 20.8. The van der Waals surface area contributed by atoms with E-state index in [1.54, 1.807) is 0 Å². The number of hydrogen-bond donors (Lipinski definition) is 1. The molecule has 1 N–H and O–H groups in total. The van der Waals surface area contributed by atoms with E-state index >= 15 is 0 Å². The number of piperidine rings is 3. The minimum atomic E-state index is -1.19. The van der Waals surface area contributed by atoms with Gasteiger partial charge in [-0.1, -0.05) is 73.0 Å². The maximum Gasteiger partial charge on any atom is 0.282 e. The molecule has 2 bridgehead atoms. The van der Waals surface area contributed by atoms with Crippen LogP contribution in [0.2, 0.25) is 0 Å². The smallest absolute Gasteiger partial charge is 0.282 e. The van der Waals surface area contributed by atoms with Crippen LogP contribution in [0.1, 0.15) is 62.2 Å². The Labute approximate surface area is 218 Å². The Bertz CT molecular complexity index is 1120. The number of benzene rings is 2. The highest BCUT2D eigenvalue weighted by Crippen LogP contribution is 2.44. The normalized spacial score (nSPS) is 28.1. The van der Waals surface area contributed by atoms with Gasteiger partial charge in [0.25, 0.3) is 5.89 Å². The van der Waals surface area contributed by atoms with Gasteiger partial charge in [-0.15, -0.1) is 11.8 Å². The first-order chi connectivity index (χ1) is 17.6. The summed E-state index contributed by atoms with van der Waals surface area (Å²) in [6.45, 7) is 4.36. The highest BCUT2D eigenvalue weighted by atomic mass is 32.2. The molecule has 1 aliphatic carbocycles. The minimum absolute atomic E-state index is 0.122. The summed E-state index contributed by atoms with van der Waals surface area (Å²) in [5.74, 6) is 4.01. The number of nitrogens with zero attached hydrogens (tertiary/aromatic N) is 3. The molecule has 190 valence electrons. The van der Waals surface area contributed by atoms with Gasteiger partial charge in [0, 0.05) is 29.4 Å². The molecule has 3 aliphatic heterocycles. The van der Waals surface area contributed by atoms with Crippen molar-refractivity contribution >= 4 is 11.8 Å². The summed E-state index contributed by atoms with van der Waals surface area (Å²) in [6.07, 6.45) is 8.11. The average Bonchev–Trinajstić information content (AvgIpc) is 3.42. The van der Waals surface area contributed by atoms with E-state index in [1.807, 2.05) is 42.1 Å². The van der Waals surface area contributed by atoms with Crippen molar-refractivity contribution in [3.63, 3.8) is 0 Å². The zero-order valence-electron chi connectivity index (χ0n) is 21.1. The second kappa shape index (κ2) is 10.3. The van der Waals surface area contributed by atoms with Crippen LogP contribution in [0.15, 0.2) is 70.1 Å². The molecule has 6 heteroatoms. The van der Waals surface area contributed by atoms with E-state index in [0.29, 0.717) is 11.7 Å². The van der Waals surface area contributed by atoms with Crippen LogP contribution in [0, 0.1) is 17.8 Å². The monoisotopic (exact) mass is 504 g/mol. The zero-order chi connectivity index (χ0) is 24.4. The van der Waals surface area contributed by atoms with Gasteiger partial charge in [0.1, 0.15) is 0 Å². The first-order valence-corrected chi connectivity index (χ1v) is 14.8. The largest absolute Gasteiger partial charge is 0.377 e. The van der Waals surface area contributed by atoms with Crippen molar-refractivity contribution in [2.45, 2.75) is 62.0 Å². The van der Waals surface area contributed by atoms with Crippen LogP contribution in [0.3, 0.4) is 0 Å². The number of quaternary nitrogens is 1. The Morgan fingerprint density at radius 1 is 0.917 bits per heavy atom. The number of aliphatic hydroxyl groups is 1. The summed E-state index contributed by atoms with van der Waals surface area (Å²) in [5.41, 5.74) is -0.305. The zero-order valence-corrected chi connectivity index (χ0v) is 21.9. The lowest BCUT2D eigenvalue weighted by Gasteiger charge is -2.52. The van der Waals surface area contributed by atoms with Gasteiger partial charge in [0.05, 0.1) is 19.6 Å². The predicted octanol–water partition coefficient (Wildman–Crippen LogP) is 6.03. The quantitative estimate of drug-likeness (QED) is 0.300. The Hall–Kier alpha value is -2.15. The number of rotatable bonds is 8. The molecule has 1 aromatic heterocycles. The third-order valence-electron chi connectivity index (χ3n) is 9.13. The number of aromatic nitrogens is 2. The molecular weight excluding hydrogens is 466 g/mol. The average molecular weight is 505 g/mol. The lowest BCUT2D eigenvalue weighted by molar-refractivity contribution is -0.959. The van der Waals surface area contributed by atoms with Gasteiger partial charge >= 0.3 is 0 Å². The van der Waals surface area contributed by atoms with E-state index in [-0.39, 0.29) is 5.92 Å². The van der Waals surface area contributed by atoms with Crippen molar-refractivity contribution in [3.8, 4) is 0 Å². The predicted molar refractivity (Wildman–Crippen MR) is 142 cm³/mol. The minimum Gasteiger partial charge on any atom is -0.377 e. The molecule has 3 saturated heterocycles. The molecule has 0 amide bonds. The van der Waals surface area contributed by atoms with Gasteiger partial charge in [-0.25, -0.2) is 0 Å². The van der Waals surface area contributed by atoms with E-state index in [1.165, 1.54) is 49.5 Å². The molecule has 7 rings (SSSR count). The number of hydrogen-bond acceptors (Lipinski definition) is 5. The lowest BCUT2D eigenvalue weighted by Crippen LogP contribution is -2.61. The first kappa shape index (κ1) is 24.2. The fourth-order valence-corrected chi connectivity index (χ4v) is 8.22. The van der Waals surface area contributed by atoms with Crippen LogP contribution in [0.4, 0.5) is 0 Å². The molecule has 4 aliphatic rings. The van der Waals surface area contributed by atoms with Crippen LogP contribution in [0.25, 0.3) is 0 Å². The number of thioether (sulfide) groups is 1. The molecule has 1 saturated carbocycles. The Balaban J connectivity index is 1.20. The van der Waals surface area contributed by atoms with Crippen molar-refractivity contribution in [2.24, 2.45) is 17.8 Å². The van der Waals surface area contributed by atoms with Crippen molar-refractivity contribution in [1.29, 1.82) is 0 Å². The van der Waals surface area contributed by atoms with Gasteiger partial charge in [-0.3, -0.25) is 0 Å². The third-order valence-corrected chi connectivity index (χ3v) is 10.3. The summed E-state index contributed by atoms with van der Waals surface area (Å²) >= 11 is 2.00. The maximum atomic E-state index is 12.2. The summed E-state index contributed by atoms with van der Waals surface area (Å²) in [5, 5.41) is 16.6. The third kappa shape index (κ3) is 4.75. The summed E-state index contributed by atoms with van der Waals surface area (Å²) < 4.78 is 6.94. The van der Waals surface area contributed by atoms with E-state index in [9.17, 15) is 5.11 Å². The van der Waals surface area contributed by atoms with Crippen molar-refractivity contribution in [3.05, 3.63) is 77.9 Å². The van der Waals surface area contributed by atoms with E-state index < -0.39 is 5.60 Å². The highest BCUT2D eigenvalue weighted by Gasteiger charge is 2.48. The molecule has 2 aromatic carbocycles. The molecule has 5 nitrogen and oxygen atoms in total. The van der Waals surface area contributed by atoms with Gasteiger partial charge < -0.3 is 14.1 Å². The highest BCUT2D eigenvalue weighted by molar-refractivity contribution is 7.99. The van der Waals surface area contributed by atoms with Crippen molar-refractivity contribution in [2.75, 3.05) is 25.4 Å². The van der Waals surface area contributed by atoms with Crippen molar-refractivity contribution < 1.29 is 14.1 Å². The molecule has 3 aromatic rings. The standard InChI is InChI=1S/C30H38N3O2S/c34-30(25-10-4-1-5-11-25,26-12-6-2-7-13-26)29-31-28(35-32-29)21-33-18-16-23(17-19-33)24(20-33)22-36-27-14-8-3-9-15-27/h1,3-5,8-11,14-15,23-24,26,34H,2,6-7,12-13,16-22H2/q+1. The molecule has 0 spiro atoms. The SMILES string of the molecule is OC(c1ccccc1)(c1noc(C[N+]23CCC(CC2)C(CSc2ccccc2)C3)n1)C1CCCCC1. The van der Waals surface area contributed by atoms with Gasteiger partial charge in [0.15, 0.2) is 12.1 Å². The van der Waals surface area contributed by atoms with E-state index in [2.05, 4.69) is 35.5 Å². The first-order valence-electron chi connectivity index (χ1n) is 13.8. The molecule has 4 fully saturated rings. The second-order valence-electron chi connectivity index (χ2n) is 11.3. The van der Waals surface area contributed by atoms with Crippen LogP contribution >= 0.6 is 11.8 Å². The van der Waals surface area contributed by atoms with Crippen LogP contribution < -0.4 is 0 Å². The molecule has 36 heavy (non-hydrogen) atoms. The van der Waals surface area contributed by atoms with Crippen LogP contribution in [-0.4, -0.2) is 45.1 Å². The van der Waals surface area contributed by atoms with Gasteiger partial charge in [0.2, 0.25) is 5.82 Å². The van der Waals surface area contributed by atoms with Crippen LogP contribution in [-0.2, 0) is 12.1 Å². The summed E-state index contributed by atoms with van der Waals surface area (Å²) in [7, 11) is 0. The maximum absolute atomic E-state index is 12.2. The molecule has 2 atom stereocenters. The Kier molecular flexibility index (Phi) is 6.93. The fraction of sp³-hybridized carbons (Fsp3) is 0.533. The van der Waals surface area contributed by atoms with Crippen LogP contribution in [0.5, 0.6) is 0 Å². The molecule has 2 unspecified atom stereocenters. The van der Waals surface area contributed by atoms with E-state index in [4.69, 9.17) is 9.51 Å². The second-order valence-corrected chi connectivity index (χ2v) is 12.4. The Morgan fingerprint density at radius 2 is 1.61 bits per heavy atom. The fourth-order valence-electron chi connectivity index (χ4n) is 7.09. The van der Waals surface area contributed by atoms with Gasteiger partial charge in [-0.05, 0) is 42.4 Å². The summed E-state index contributed by atoms with van der Waals surface area (Å²) in [4.78, 5) is 6.27. The topological polar surface area (TPSA) is 59.2 Å². The van der Waals surface area contributed by atoms with E-state index in [0.717, 1.165) is 54.1 Å². The van der Waals surface area contributed by atoms with Gasteiger partial charge in [-0.2, -0.15) is 4.98 Å². The molecular formula is C30H38N3O2S+. The van der Waals surface area contributed by atoms with Crippen molar-refractivity contribution in [1.82, 2.24) is 10.1 Å². The Morgan fingerprint density at radius 3 is 2.33 bits per heavy atom.